The molecule has 16 heavy (non-hydrogen) atoms. The highest BCUT2D eigenvalue weighted by molar-refractivity contribution is 5.74. The summed E-state index contributed by atoms with van der Waals surface area (Å²) >= 11 is 0. The van der Waals surface area contributed by atoms with E-state index in [2.05, 4.69) is 11.3 Å². The van der Waals surface area contributed by atoms with Crippen LogP contribution in [-0.4, -0.2) is 10.4 Å². The van der Waals surface area contributed by atoms with Crippen molar-refractivity contribution in [2.24, 2.45) is 0 Å². The molecule has 0 aliphatic heterocycles. The number of aryl methyl sites for hydroxylation is 1. The molecule has 2 heterocycles. The minimum absolute atomic E-state index is 0.278. The molecule has 3 nitrogen and oxygen atoms in total. The zero-order valence-electron chi connectivity index (χ0n) is 9.56. The summed E-state index contributed by atoms with van der Waals surface area (Å²) in [5, 5.41) is 0. The van der Waals surface area contributed by atoms with Crippen LogP contribution in [0.5, 0.6) is 5.75 Å². The molecular weight excluding hydrogens is 202 g/mol. The molecule has 0 unspecified atom stereocenters. The second-order valence-electron chi connectivity index (χ2n) is 3.80. The zero-order valence-corrected chi connectivity index (χ0v) is 9.56. The Morgan fingerprint density at radius 3 is 2.94 bits per heavy atom. The third-order valence-corrected chi connectivity index (χ3v) is 2.48. The molecule has 0 radical (unpaired) electrons. The van der Waals surface area contributed by atoms with Crippen LogP contribution in [0.25, 0.3) is 5.52 Å². The summed E-state index contributed by atoms with van der Waals surface area (Å²) in [5.74, 6) is 0.371. The fraction of sp³-hybridized carbons (Fsp3) is 0.308. The summed E-state index contributed by atoms with van der Waals surface area (Å²) in [6.45, 7) is 3.56. The van der Waals surface area contributed by atoms with Crippen LogP contribution in [0.4, 0.5) is 0 Å². The third-order valence-electron chi connectivity index (χ3n) is 2.48. The summed E-state index contributed by atoms with van der Waals surface area (Å²) in [5.41, 5.74) is 2.12. The van der Waals surface area contributed by atoms with E-state index in [9.17, 15) is 4.79 Å². The number of hydrogen-bond donors (Lipinski definition) is 0. The number of hydrogen-bond acceptors (Lipinski definition) is 2. The lowest BCUT2D eigenvalue weighted by atomic mass is 10.2. The van der Waals surface area contributed by atoms with Crippen LogP contribution in [0.2, 0.25) is 0 Å². The van der Waals surface area contributed by atoms with Crippen LogP contribution < -0.4 is 4.74 Å². The van der Waals surface area contributed by atoms with Gasteiger partial charge in [-0.2, -0.15) is 0 Å². The largest absolute Gasteiger partial charge is 0.424 e. The second-order valence-corrected chi connectivity index (χ2v) is 3.80. The molecule has 0 amide bonds. The number of ether oxygens (including phenoxy) is 1. The molecule has 2 aromatic heterocycles. The molecule has 0 aliphatic rings. The Bertz CT molecular complexity index is 514. The Morgan fingerprint density at radius 2 is 2.25 bits per heavy atom. The Labute approximate surface area is 94.6 Å². The number of aromatic nitrogens is 1. The van der Waals surface area contributed by atoms with Gasteiger partial charge in [-0.15, -0.1) is 0 Å². The maximum atomic E-state index is 11.0. The van der Waals surface area contributed by atoms with Crippen LogP contribution in [0.3, 0.4) is 0 Å². The molecule has 0 aromatic carbocycles. The van der Waals surface area contributed by atoms with E-state index < -0.39 is 0 Å². The molecule has 0 N–H and O–H groups in total. The van der Waals surface area contributed by atoms with Gasteiger partial charge in [0.25, 0.3) is 0 Å². The fourth-order valence-corrected chi connectivity index (χ4v) is 1.87. The molecule has 0 aliphatic carbocycles. The summed E-state index contributed by atoms with van der Waals surface area (Å²) in [6.07, 6.45) is 4.04. The first-order valence-electron chi connectivity index (χ1n) is 5.49. The SMILES string of the molecule is CCCc1cc(OC(C)=O)c2ccccn12. The van der Waals surface area contributed by atoms with E-state index in [-0.39, 0.29) is 5.97 Å². The van der Waals surface area contributed by atoms with Crippen molar-refractivity contribution in [1.29, 1.82) is 0 Å². The van der Waals surface area contributed by atoms with Crippen LogP contribution in [0.1, 0.15) is 26.0 Å². The number of pyridine rings is 1. The topological polar surface area (TPSA) is 30.7 Å². The van der Waals surface area contributed by atoms with Crippen LogP contribution in [0, 0.1) is 0 Å². The van der Waals surface area contributed by atoms with Crippen molar-refractivity contribution >= 4 is 11.5 Å². The monoisotopic (exact) mass is 217 g/mol. The van der Waals surface area contributed by atoms with E-state index >= 15 is 0 Å². The average Bonchev–Trinajstić information content (AvgIpc) is 2.58. The first kappa shape index (κ1) is 10.7. The molecule has 0 saturated carbocycles. The summed E-state index contributed by atoms with van der Waals surface area (Å²) < 4.78 is 7.27. The summed E-state index contributed by atoms with van der Waals surface area (Å²) in [6, 6.07) is 7.82. The Kier molecular flexibility index (Phi) is 2.95. The van der Waals surface area contributed by atoms with Crippen molar-refractivity contribution in [3.63, 3.8) is 0 Å². The lowest BCUT2D eigenvalue weighted by molar-refractivity contribution is -0.131. The van der Waals surface area contributed by atoms with Crippen molar-refractivity contribution in [3.05, 3.63) is 36.2 Å². The number of carbonyl (C=O) groups excluding carboxylic acids is 1. The van der Waals surface area contributed by atoms with E-state index in [0.717, 1.165) is 18.4 Å². The first-order chi connectivity index (χ1) is 7.72. The number of fused-ring (bicyclic) bond motifs is 1. The standard InChI is InChI=1S/C13H15NO2/c1-3-6-11-9-13(16-10(2)15)12-7-4-5-8-14(11)12/h4-5,7-9H,3,6H2,1-2H3. The van der Waals surface area contributed by atoms with E-state index in [0.29, 0.717) is 5.75 Å². The first-order valence-corrected chi connectivity index (χ1v) is 5.49. The molecule has 0 saturated heterocycles. The van der Waals surface area contributed by atoms with Crippen molar-refractivity contribution in [1.82, 2.24) is 4.40 Å². The maximum Gasteiger partial charge on any atom is 0.308 e. The summed E-state index contributed by atoms with van der Waals surface area (Å²) in [7, 11) is 0. The van der Waals surface area contributed by atoms with Crippen LogP contribution in [-0.2, 0) is 11.2 Å². The fourth-order valence-electron chi connectivity index (χ4n) is 1.87. The third kappa shape index (κ3) is 1.94. The van der Waals surface area contributed by atoms with Crippen LogP contribution in [0.15, 0.2) is 30.5 Å². The van der Waals surface area contributed by atoms with Crippen molar-refractivity contribution < 1.29 is 9.53 Å². The Morgan fingerprint density at radius 1 is 1.44 bits per heavy atom. The van der Waals surface area contributed by atoms with Gasteiger partial charge in [0.1, 0.15) is 0 Å². The van der Waals surface area contributed by atoms with Crippen LogP contribution >= 0.6 is 0 Å². The van der Waals surface area contributed by atoms with Gasteiger partial charge in [0.2, 0.25) is 0 Å². The minimum atomic E-state index is -0.278. The van der Waals surface area contributed by atoms with Gasteiger partial charge in [0.15, 0.2) is 5.75 Å². The van der Waals surface area contributed by atoms with Gasteiger partial charge >= 0.3 is 5.97 Å². The molecule has 0 bridgehead atoms. The predicted octanol–water partition coefficient (Wildman–Crippen LogP) is 2.82. The number of carbonyl (C=O) groups is 1. The highest BCUT2D eigenvalue weighted by Gasteiger charge is 2.10. The van der Waals surface area contributed by atoms with Crippen molar-refractivity contribution in [2.45, 2.75) is 26.7 Å². The van der Waals surface area contributed by atoms with Gasteiger partial charge in [-0.05, 0) is 18.6 Å². The van der Waals surface area contributed by atoms with E-state index in [4.69, 9.17) is 4.74 Å². The molecule has 84 valence electrons. The van der Waals surface area contributed by atoms with Crippen molar-refractivity contribution in [3.8, 4) is 5.75 Å². The number of nitrogens with zero attached hydrogens (tertiary/aromatic N) is 1. The molecular formula is C13H15NO2. The smallest absolute Gasteiger partial charge is 0.308 e. The van der Waals surface area contributed by atoms with Gasteiger partial charge in [0, 0.05) is 24.9 Å². The highest BCUT2D eigenvalue weighted by atomic mass is 16.5. The second kappa shape index (κ2) is 4.39. The van der Waals surface area contributed by atoms with E-state index in [1.165, 1.54) is 12.6 Å². The van der Waals surface area contributed by atoms with Gasteiger partial charge < -0.3 is 9.14 Å². The quantitative estimate of drug-likeness (QED) is 0.740. The maximum absolute atomic E-state index is 11.0. The van der Waals surface area contributed by atoms with Gasteiger partial charge in [-0.25, -0.2) is 0 Å². The zero-order chi connectivity index (χ0) is 11.5. The molecule has 2 aromatic rings. The molecule has 0 fully saturated rings. The van der Waals surface area contributed by atoms with Gasteiger partial charge in [0.05, 0.1) is 5.52 Å². The van der Waals surface area contributed by atoms with Gasteiger partial charge in [-0.3, -0.25) is 4.79 Å². The molecule has 3 heteroatoms. The Balaban J connectivity index is 2.52. The Hall–Kier alpha value is -1.77. The van der Waals surface area contributed by atoms with Gasteiger partial charge in [-0.1, -0.05) is 19.4 Å². The predicted molar refractivity (Wildman–Crippen MR) is 62.7 cm³/mol. The average molecular weight is 217 g/mol. The highest BCUT2D eigenvalue weighted by Crippen LogP contribution is 2.25. The molecule has 2 rings (SSSR count). The lowest BCUT2D eigenvalue weighted by Gasteiger charge is -2.00. The molecule has 0 atom stereocenters. The van der Waals surface area contributed by atoms with E-state index in [1.54, 1.807) is 0 Å². The number of rotatable bonds is 3. The number of esters is 1. The van der Waals surface area contributed by atoms with E-state index in [1.807, 2.05) is 30.5 Å². The summed E-state index contributed by atoms with van der Waals surface area (Å²) in [4.78, 5) is 11.0. The van der Waals surface area contributed by atoms with Crippen molar-refractivity contribution in [2.75, 3.05) is 0 Å². The minimum Gasteiger partial charge on any atom is -0.424 e. The lowest BCUT2D eigenvalue weighted by Crippen LogP contribution is -2.00. The molecule has 0 spiro atoms. The normalized spacial score (nSPS) is 10.6.